The fraction of sp³-hybridized carbons (Fsp3) is 0.571. The normalized spacial score (nSPS) is 22.2. The molecule has 6 rings (SSSR count). The molecule has 344 valence electrons. The minimum absolute atomic E-state index is 0.427. The van der Waals surface area contributed by atoms with E-state index in [4.69, 9.17) is 56.8 Å². The van der Waals surface area contributed by atoms with Gasteiger partial charge in [-0.25, -0.2) is 0 Å². The van der Waals surface area contributed by atoms with Crippen LogP contribution in [0.3, 0.4) is 0 Å². The molecule has 0 bridgehead atoms. The van der Waals surface area contributed by atoms with Gasteiger partial charge in [0.1, 0.15) is 26.4 Å². The van der Waals surface area contributed by atoms with Crippen molar-refractivity contribution in [1.29, 1.82) is 0 Å². The quantitative estimate of drug-likeness (QED) is 0.250. The van der Waals surface area contributed by atoms with Crippen molar-refractivity contribution in [1.82, 2.24) is 0 Å². The molecular weight excluding hydrogens is 953 g/mol. The third-order valence-electron chi connectivity index (χ3n) is 8.21. The van der Waals surface area contributed by atoms with Crippen molar-refractivity contribution in [3.8, 4) is 23.0 Å². The van der Waals surface area contributed by atoms with Crippen LogP contribution in [0.5, 0.6) is 23.0 Å². The first-order chi connectivity index (χ1) is 30.8. The molecule has 2 aromatic rings. The molecule has 4 aliphatic rings. The fourth-order valence-electron chi connectivity index (χ4n) is 5.35. The second-order valence-corrected chi connectivity index (χ2v) is 22.8. The molecule has 0 aromatic heterocycles. The summed E-state index contributed by atoms with van der Waals surface area (Å²) in [5.74, 6) is 6.20. The first-order valence-electron chi connectivity index (χ1n) is 20.6. The summed E-state index contributed by atoms with van der Waals surface area (Å²) in [5, 5.41) is 0. The molecule has 62 heavy (non-hydrogen) atoms. The average Bonchev–Trinajstić information content (AvgIpc) is 3.89. The van der Waals surface area contributed by atoms with Gasteiger partial charge in [-0.05, 0) is 24.3 Å². The lowest BCUT2D eigenvalue weighted by atomic mass is 10.3. The largest absolute Gasteiger partial charge is 0.487 e. The molecule has 0 radical (unpaired) electrons. The Labute approximate surface area is 400 Å². The van der Waals surface area contributed by atoms with Crippen LogP contribution in [0.25, 0.3) is 0 Å². The van der Waals surface area contributed by atoms with Crippen molar-refractivity contribution in [2.75, 3.05) is 155 Å². The third kappa shape index (κ3) is 19.7. The highest BCUT2D eigenvalue weighted by Crippen LogP contribution is 2.66. The molecule has 4 heterocycles. The van der Waals surface area contributed by atoms with Gasteiger partial charge < -0.3 is 56.8 Å². The summed E-state index contributed by atoms with van der Waals surface area (Å²) in [5.41, 5.74) is 0. The Balaban J connectivity index is 0.980. The highest BCUT2D eigenvalue weighted by Gasteiger charge is 2.31. The molecule has 0 atom stereocenters. The van der Waals surface area contributed by atoms with E-state index in [9.17, 15) is 0 Å². The van der Waals surface area contributed by atoms with Crippen molar-refractivity contribution >= 4 is 94.1 Å². The van der Waals surface area contributed by atoms with Crippen LogP contribution in [0.4, 0.5) is 0 Å². The molecule has 0 saturated heterocycles. The lowest BCUT2D eigenvalue weighted by molar-refractivity contribution is 0.0377. The van der Waals surface area contributed by atoms with Crippen LogP contribution < -0.4 is 18.9 Å². The average molecular weight is 1010 g/mol. The van der Waals surface area contributed by atoms with Crippen LogP contribution in [0.15, 0.2) is 74.0 Å². The topological polar surface area (TPSA) is 111 Å². The number of fused-ring (bicyclic) bond motifs is 2. The first kappa shape index (κ1) is 50.7. The van der Waals surface area contributed by atoms with E-state index in [1.165, 1.54) is 25.4 Å². The van der Waals surface area contributed by atoms with Gasteiger partial charge in [0.25, 0.3) is 0 Å². The Morgan fingerprint density at radius 3 is 0.694 bits per heavy atom. The minimum atomic E-state index is 0.427. The van der Waals surface area contributed by atoms with Gasteiger partial charge in [-0.15, -0.1) is 47.0 Å². The van der Waals surface area contributed by atoms with Gasteiger partial charge in [-0.2, -0.15) is 0 Å². The van der Waals surface area contributed by atoms with Gasteiger partial charge in [0.15, 0.2) is 23.0 Å². The molecule has 12 nitrogen and oxygen atoms in total. The third-order valence-corrected chi connectivity index (χ3v) is 19.6. The van der Waals surface area contributed by atoms with E-state index in [0.717, 1.165) is 23.0 Å². The van der Waals surface area contributed by atoms with E-state index in [2.05, 4.69) is 0 Å². The maximum atomic E-state index is 5.95. The van der Waals surface area contributed by atoms with E-state index in [1.54, 1.807) is 0 Å². The number of rotatable bonds is 0. The monoisotopic (exact) mass is 1010 g/mol. The molecule has 0 amide bonds. The number of ether oxygens (including phenoxy) is 12. The number of hydrogen-bond acceptors (Lipinski definition) is 20. The lowest BCUT2D eigenvalue weighted by Crippen LogP contribution is -2.13. The summed E-state index contributed by atoms with van der Waals surface area (Å²) in [4.78, 5) is 0. The molecule has 2 aromatic carbocycles. The SMILES string of the molecule is c1ccc2c(c1)OCCOCCOCCSC1=C(SCCOCCOCCO2)SC(=C2SC3=C(SCCOCCOCCOc4ccccc4OCCOCCOCCS3)S2)S1. The van der Waals surface area contributed by atoms with Crippen molar-refractivity contribution in [3.63, 3.8) is 0 Å². The van der Waals surface area contributed by atoms with Crippen LogP contribution >= 0.6 is 94.1 Å². The predicted molar refractivity (Wildman–Crippen MR) is 263 cm³/mol. The Morgan fingerprint density at radius 1 is 0.242 bits per heavy atom. The molecule has 0 N–H and O–H groups in total. The Morgan fingerprint density at radius 2 is 0.452 bits per heavy atom. The maximum absolute atomic E-state index is 5.95. The summed E-state index contributed by atoms with van der Waals surface area (Å²) in [6.07, 6.45) is 0. The molecular formula is C42H56O12S8. The van der Waals surface area contributed by atoms with Crippen molar-refractivity contribution in [3.05, 3.63) is 74.0 Å². The number of benzene rings is 2. The number of hydrogen-bond donors (Lipinski definition) is 0. The van der Waals surface area contributed by atoms with Gasteiger partial charge in [-0.3, -0.25) is 0 Å². The molecule has 4 aliphatic heterocycles. The van der Waals surface area contributed by atoms with Crippen LogP contribution in [-0.2, 0) is 37.9 Å². The van der Waals surface area contributed by atoms with Crippen molar-refractivity contribution in [2.45, 2.75) is 0 Å². The van der Waals surface area contributed by atoms with E-state index in [0.29, 0.717) is 155 Å². The molecule has 0 aliphatic carbocycles. The second-order valence-electron chi connectivity index (χ2n) is 12.7. The van der Waals surface area contributed by atoms with Gasteiger partial charge in [-0.1, -0.05) is 71.3 Å². The highest BCUT2D eigenvalue weighted by molar-refractivity contribution is 8.45. The second kappa shape index (κ2) is 32.1. The van der Waals surface area contributed by atoms with Gasteiger partial charge >= 0.3 is 0 Å². The number of para-hydroxylation sites is 4. The van der Waals surface area contributed by atoms with Crippen LogP contribution in [-0.4, -0.2) is 155 Å². The van der Waals surface area contributed by atoms with Gasteiger partial charge in [0.2, 0.25) is 0 Å². The summed E-state index contributed by atoms with van der Waals surface area (Å²) < 4.78 is 78.5. The summed E-state index contributed by atoms with van der Waals surface area (Å²) in [7, 11) is 0. The predicted octanol–water partition coefficient (Wildman–Crippen LogP) is 9.33. The highest BCUT2D eigenvalue weighted by atomic mass is 32.3. The molecule has 0 fully saturated rings. The van der Waals surface area contributed by atoms with E-state index in [1.807, 2.05) is 143 Å². The maximum Gasteiger partial charge on any atom is 0.161 e. The van der Waals surface area contributed by atoms with Crippen molar-refractivity contribution < 1.29 is 56.8 Å². The van der Waals surface area contributed by atoms with Crippen molar-refractivity contribution in [2.24, 2.45) is 0 Å². The standard InChI is InChI=1S/C42H56O12S8/c1-2-6-34-33(5-1)51-21-17-43-9-13-47-25-29-55-37-38(56-30-26-48-14-10-44-18-22-52-34)60-41(59-37)42-61-39-40(62-42)58-32-28-50-16-12-46-20-24-54-36-8-4-3-7-35(36)53-23-19-45-11-15-49-27-31-57-39/h1-8H,9-32H2. The van der Waals surface area contributed by atoms with E-state index >= 15 is 0 Å². The van der Waals surface area contributed by atoms with Crippen LogP contribution in [0, 0.1) is 0 Å². The zero-order chi connectivity index (χ0) is 42.5. The number of thioether (sulfide) groups is 8. The van der Waals surface area contributed by atoms with E-state index < -0.39 is 0 Å². The molecule has 0 saturated carbocycles. The minimum Gasteiger partial charge on any atom is -0.487 e. The van der Waals surface area contributed by atoms with Crippen LogP contribution in [0.2, 0.25) is 0 Å². The Kier molecular flexibility index (Phi) is 26.3. The fourth-order valence-corrected chi connectivity index (χ4v) is 17.0. The Hall–Kier alpha value is -0.660. The smallest absolute Gasteiger partial charge is 0.161 e. The Bertz CT molecular complexity index is 1450. The lowest BCUT2D eigenvalue weighted by Gasteiger charge is -2.13. The molecule has 0 spiro atoms. The molecule has 20 heteroatoms. The van der Waals surface area contributed by atoms with Gasteiger partial charge in [0, 0.05) is 23.0 Å². The molecule has 0 unspecified atom stereocenters. The van der Waals surface area contributed by atoms with E-state index in [-0.39, 0.29) is 0 Å². The zero-order valence-electron chi connectivity index (χ0n) is 34.8. The summed E-state index contributed by atoms with van der Waals surface area (Å²) in [6, 6.07) is 15.3. The van der Waals surface area contributed by atoms with Crippen LogP contribution in [0.1, 0.15) is 0 Å². The first-order valence-corrected chi connectivity index (χ1v) is 27.8. The zero-order valence-corrected chi connectivity index (χ0v) is 41.3. The van der Waals surface area contributed by atoms with Gasteiger partial charge in [0.05, 0.1) is 131 Å². The summed E-state index contributed by atoms with van der Waals surface area (Å²) in [6.45, 7) is 10.3. The summed E-state index contributed by atoms with van der Waals surface area (Å²) >= 11 is 15.0.